The van der Waals surface area contributed by atoms with Crippen LogP contribution in [0.5, 0.6) is 0 Å². The highest BCUT2D eigenvalue weighted by Crippen LogP contribution is 2.28. The zero-order chi connectivity index (χ0) is 18.1. The molecule has 0 aliphatic rings. The van der Waals surface area contributed by atoms with Gasteiger partial charge < -0.3 is 4.74 Å². The second kappa shape index (κ2) is 9.43. The van der Waals surface area contributed by atoms with Crippen molar-refractivity contribution in [2.24, 2.45) is 0 Å². The summed E-state index contributed by atoms with van der Waals surface area (Å²) in [6.07, 6.45) is 5.46. The SMILES string of the molecule is CCOC(=O)/C=C/C(C)=C(\C(C)=C\c1ccccc1)c1ccccc1. The molecule has 2 rings (SSSR count). The summed E-state index contributed by atoms with van der Waals surface area (Å²) in [6.45, 7) is 6.29. The number of hydrogen-bond donors (Lipinski definition) is 0. The van der Waals surface area contributed by atoms with Crippen LogP contribution in [0, 0.1) is 0 Å². The summed E-state index contributed by atoms with van der Waals surface area (Å²) in [4.78, 5) is 11.6. The van der Waals surface area contributed by atoms with Crippen LogP contribution in [0.15, 0.2) is 84.0 Å². The van der Waals surface area contributed by atoms with Crippen LogP contribution >= 0.6 is 0 Å². The molecule has 2 heteroatoms. The molecule has 0 radical (unpaired) electrons. The molecule has 0 aliphatic carbocycles. The van der Waals surface area contributed by atoms with Gasteiger partial charge >= 0.3 is 5.97 Å². The van der Waals surface area contributed by atoms with E-state index in [9.17, 15) is 4.79 Å². The van der Waals surface area contributed by atoms with Crippen LogP contribution in [0.4, 0.5) is 0 Å². The Morgan fingerprint density at radius 3 is 2.12 bits per heavy atom. The largest absolute Gasteiger partial charge is 0.463 e. The van der Waals surface area contributed by atoms with Crippen LogP contribution in [0.1, 0.15) is 31.9 Å². The van der Waals surface area contributed by atoms with Gasteiger partial charge in [-0.2, -0.15) is 0 Å². The smallest absolute Gasteiger partial charge is 0.330 e. The summed E-state index contributed by atoms with van der Waals surface area (Å²) in [5.41, 5.74) is 5.55. The lowest BCUT2D eigenvalue weighted by Crippen LogP contribution is -1.99. The van der Waals surface area contributed by atoms with Crippen molar-refractivity contribution in [3.05, 3.63) is 95.1 Å². The van der Waals surface area contributed by atoms with E-state index in [-0.39, 0.29) is 5.97 Å². The molecule has 0 aromatic heterocycles. The average Bonchev–Trinajstić information content (AvgIpc) is 2.62. The molecule has 0 saturated carbocycles. The number of esters is 1. The Kier molecular flexibility index (Phi) is 6.97. The molecular formula is C23H24O2. The van der Waals surface area contributed by atoms with E-state index in [4.69, 9.17) is 4.74 Å². The Bertz CT molecular complexity index is 781. The van der Waals surface area contributed by atoms with Gasteiger partial charge in [-0.05, 0) is 48.6 Å². The van der Waals surface area contributed by atoms with Crippen molar-refractivity contribution in [1.29, 1.82) is 0 Å². The van der Waals surface area contributed by atoms with Crippen molar-refractivity contribution in [3.8, 4) is 0 Å². The Hall–Kier alpha value is -2.87. The van der Waals surface area contributed by atoms with Gasteiger partial charge in [0.2, 0.25) is 0 Å². The molecule has 0 N–H and O–H groups in total. The molecule has 0 atom stereocenters. The summed E-state index contributed by atoms with van der Waals surface area (Å²) in [5, 5.41) is 0. The van der Waals surface area contributed by atoms with Crippen LogP contribution in [0.25, 0.3) is 11.6 Å². The van der Waals surface area contributed by atoms with E-state index in [1.54, 1.807) is 6.92 Å². The van der Waals surface area contributed by atoms with Crippen molar-refractivity contribution >= 4 is 17.6 Å². The van der Waals surface area contributed by atoms with E-state index in [1.165, 1.54) is 6.08 Å². The zero-order valence-corrected chi connectivity index (χ0v) is 15.0. The summed E-state index contributed by atoms with van der Waals surface area (Å²) in [5.74, 6) is -0.320. The highest BCUT2D eigenvalue weighted by molar-refractivity contribution is 5.88. The number of carbonyl (C=O) groups excluding carboxylic acids is 1. The van der Waals surface area contributed by atoms with Gasteiger partial charge in [-0.25, -0.2) is 4.79 Å². The lowest BCUT2D eigenvalue weighted by molar-refractivity contribution is -0.137. The molecule has 128 valence electrons. The van der Waals surface area contributed by atoms with Crippen LogP contribution in [-0.4, -0.2) is 12.6 Å². The maximum absolute atomic E-state index is 11.6. The van der Waals surface area contributed by atoms with Gasteiger partial charge in [0.25, 0.3) is 0 Å². The minimum absolute atomic E-state index is 0.320. The van der Waals surface area contributed by atoms with Crippen molar-refractivity contribution in [2.45, 2.75) is 20.8 Å². The predicted octanol–water partition coefficient (Wildman–Crippen LogP) is 5.68. The predicted molar refractivity (Wildman–Crippen MR) is 105 cm³/mol. The molecule has 0 saturated heterocycles. The van der Waals surface area contributed by atoms with Crippen LogP contribution in [-0.2, 0) is 9.53 Å². The van der Waals surface area contributed by atoms with E-state index >= 15 is 0 Å². The number of carbonyl (C=O) groups is 1. The molecule has 0 heterocycles. The standard InChI is InChI=1S/C23H24O2/c1-4-25-22(24)16-15-18(2)23(21-13-9-6-10-14-21)19(3)17-20-11-7-5-8-12-20/h5-17H,4H2,1-3H3/b16-15+,19-17+,23-18+. The minimum atomic E-state index is -0.320. The molecular weight excluding hydrogens is 308 g/mol. The summed E-state index contributed by atoms with van der Waals surface area (Å²) < 4.78 is 4.97. The Morgan fingerprint density at radius 2 is 1.52 bits per heavy atom. The fraction of sp³-hybridized carbons (Fsp3) is 0.174. The number of rotatable bonds is 6. The van der Waals surface area contributed by atoms with Crippen LogP contribution < -0.4 is 0 Å². The lowest BCUT2D eigenvalue weighted by atomic mass is 9.93. The second-order valence-corrected chi connectivity index (χ2v) is 5.75. The molecule has 25 heavy (non-hydrogen) atoms. The van der Waals surface area contributed by atoms with Crippen molar-refractivity contribution in [1.82, 2.24) is 0 Å². The van der Waals surface area contributed by atoms with E-state index in [0.717, 1.165) is 27.8 Å². The molecule has 0 fully saturated rings. The van der Waals surface area contributed by atoms with E-state index in [0.29, 0.717) is 6.61 Å². The molecule has 0 aliphatic heterocycles. The normalized spacial score (nSPS) is 12.8. The highest BCUT2D eigenvalue weighted by atomic mass is 16.5. The first-order valence-electron chi connectivity index (χ1n) is 8.46. The minimum Gasteiger partial charge on any atom is -0.463 e. The molecule has 2 aromatic carbocycles. The molecule has 0 amide bonds. The third kappa shape index (κ3) is 5.61. The Labute approximate surface area is 150 Å². The van der Waals surface area contributed by atoms with Gasteiger partial charge in [0.15, 0.2) is 0 Å². The molecule has 0 spiro atoms. The lowest BCUT2D eigenvalue weighted by Gasteiger charge is -2.12. The van der Waals surface area contributed by atoms with Gasteiger partial charge in [0, 0.05) is 6.08 Å². The number of allylic oxidation sites excluding steroid dienone is 4. The summed E-state index contributed by atoms with van der Waals surface area (Å²) in [6, 6.07) is 20.4. The van der Waals surface area contributed by atoms with E-state index < -0.39 is 0 Å². The molecule has 0 unspecified atom stereocenters. The number of hydrogen-bond acceptors (Lipinski definition) is 2. The van der Waals surface area contributed by atoms with Gasteiger partial charge in [-0.3, -0.25) is 0 Å². The maximum Gasteiger partial charge on any atom is 0.330 e. The first-order chi connectivity index (χ1) is 12.1. The summed E-state index contributed by atoms with van der Waals surface area (Å²) in [7, 11) is 0. The second-order valence-electron chi connectivity index (χ2n) is 5.75. The number of ether oxygens (including phenoxy) is 1. The summed E-state index contributed by atoms with van der Waals surface area (Å²) >= 11 is 0. The molecule has 2 aromatic rings. The van der Waals surface area contributed by atoms with Crippen molar-refractivity contribution < 1.29 is 9.53 Å². The maximum atomic E-state index is 11.6. The first kappa shape index (κ1) is 18.5. The van der Waals surface area contributed by atoms with Gasteiger partial charge in [0.1, 0.15) is 0 Å². The van der Waals surface area contributed by atoms with Crippen LogP contribution in [0.2, 0.25) is 0 Å². The Balaban J connectivity index is 2.45. The Morgan fingerprint density at radius 1 is 0.920 bits per heavy atom. The molecule has 0 bridgehead atoms. The average molecular weight is 332 g/mol. The van der Waals surface area contributed by atoms with Crippen LogP contribution in [0.3, 0.4) is 0 Å². The quantitative estimate of drug-likeness (QED) is 0.386. The van der Waals surface area contributed by atoms with Gasteiger partial charge in [-0.15, -0.1) is 0 Å². The first-order valence-corrected chi connectivity index (χ1v) is 8.46. The van der Waals surface area contributed by atoms with Crippen molar-refractivity contribution in [3.63, 3.8) is 0 Å². The van der Waals surface area contributed by atoms with E-state index in [2.05, 4.69) is 37.3 Å². The van der Waals surface area contributed by atoms with Gasteiger partial charge in [-0.1, -0.05) is 72.8 Å². The molecule has 2 nitrogen and oxygen atoms in total. The van der Waals surface area contributed by atoms with Crippen molar-refractivity contribution in [2.75, 3.05) is 6.61 Å². The fourth-order valence-electron chi connectivity index (χ4n) is 2.71. The zero-order valence-electron chi connectivity index (χ0n) is 15.0. The fourth-order valence-corrected chi connectivity index (χ4v) is 2.71. The monoisotopic (exact) mass is 332 g/mol. The topological polar surface area (TPSA) is 26.3 Å². The third-order valence-corrected chi connectivity index (χ3v) is 3.79. The third-order valence-electron chi connectivity index (χ3n) is 3.79. The highest BCUT2D eigenvalue weighted by Gasteiger charge is 2.07. The van der Waals surface area contributed by atoms with Gasteiger partial charge in [0.05, 0.1) is 6.61 Å². The number of benzene rings is 2. The van der Waals surface area contributed by atoms with E-state index in [1.807, 2.05) is 49.4 Å².